The molecule has 15 heteroatoms. The highest BCUT2D eigenvalue weighted by Crippen LogP contribution is 2.34. The number of nitrogens with one attached hydrogen (secondary N) is 2. The zero-order valence-corrected chi connectivity index (χ0v) is 27.4. The third-order valence-electron chi connectivity index (χ3n) is 7.28. The first kappa shape index (κ1) is 34.4. The maximum absolute atomic E-state index is 12.9. The fourth-order valence-electron chi connectivity index (χ4n) is 5.04. The first-order valence-electron chi connectivity index (χ1n) is 15.1. The summed E-state index contributed by atoms with van der Waals surface area (Å²) in [5, 5.41) is 4.72. The first-order valence-corrected chi connectivity index (χ1v) is 16.1. The Hall–Kier alpha value is -4.89. The molecular formula is C33H34F3N7O4S. The van der Waals surface area contributed by atoms with Crippen molar-refractivity contribution in [2.45, 2.75) is 46.0 Å². The molecule has 11 nitrogen and oxygen atoms in total. The van der Waals surface area contributed by atoms with Gasteiger partial charge in [0.15, 0.2) is 11.0 Å². The topological polar surface area (TPSA) is 123 Å². The average molecular weight is 682 g/mol. The van der Waals surface area contributed by atoms with Crippen molar-refractivity contribution in [1.29, 1.82) is 0 Å². The third-order valence-corrected chi connectivity index (χ3v) is 8.21. The molecule has 252 valence electrons. The number of alkyl halides is 3. The van der Waals surface area contributed by atoms with E-state index in [9.17, 15) is 22.8 Å². The van der Waals surface area contributed by atoms with Crippen LogP contribution in [0.15, 0.2) is 78.0 Å². The number of ether oxygens (including phenoxy) is 2. The number of carbonyl (C=O) groups excluding carboxylic acids is 2. The molecule has 3 amide bonds. The van der Waals surface area contributed by atoms with Gasteiger partial charge in [-0.3, -0.25) is 15.1 Å². The Morgan fingerprint density at radius 3 is 2.42 bits per heavy atom. The van der Waals surface area contributed by atoms with E-state index in [0.29, 0.717) is 35.3 Å². The number of hydrogen-bond donors (Lipinski definition) is 2. The number of rotatable bonds is 11. The molecule has 3 aromatic carbocycles. The molecule has 0 bridgehead atoms. The van der Waals surface area contributed by atoms with Crippen molar-refractivity contribution in [3.05, 3.63) is 84.2 Å². The lowest BCUT2D eigenvalue weighted by atomic mass is 10.0. The fraction of sp³-hybridized carbons (Fsp3) is 0.303. The van der Waals surface area contributed by atoms with Gasteiger partial charge in [0, 0.05) is 11.6 Å². The highest BCUT2D eigenvalue weighted by atomic mass is 32.2. The van der Waals surface area contributed by atoms with Crippen molar-refractivity contribution < 1.29 is 32.2 Å². The minimum atomic E-state index is -4.77. The molecule has 2 N–H and O–H groups in total. The van der Waals surface area contributed by atoms with E-state index in [0.717, 1.165) is 23.1 Å². The van der Waals surface area contributed by atoms with Crippen LogP contribution in [0.5, 0.6) is 11.5 Å². The Bertz CT molecular complexity index is 1780. The van der Waals surface area contributed by atoms with Gasteiger partial charge in [-0.1, -0.05) is 62.9 Å². The number of anilines is 1. The number of hydrogen-bond acceptors (Lipinski definition) is 8. The number of methoxy groups -OCH3 is 1. The lowest BCUT2D eigenvalue weighted by Crippen LogP contribution is -2.39. The quantitative estimate of drug-likeness (QED) is 0.165. The number of benzene rings is 3. The number of nitrogens with zero attached hydrogens (tertiary/aromatic N) is 5. The molecule has 2 heterocycles. The van der Waals surface area contributed by atoms with Crippen LogP contribution in [0.3, 0.4) is 0 Å². The van der Waals surface area contributed by atoms with Crippen molar-refractivity contribution in [1.82, 2.24) is 25.6 Å². The normalized spacial score (nSPS) is 14.9. The lowest BCUT2D eigenvalue weighted by molar-refractivity contribution is -0.274. The second-order valence-electron chi connectivity index (χ2n) is 11.2. The Kier molecular flexibility index (Phi) is 10.7. The molecule has 1 aliphatic rings. The highest BCUT2D eigenvalue weighted by Gasteiger charge is 2.33. The molecule has 5 rings (SSSR count). The van der Waals surface area contributed by atoms with Crippen LogP contribution in [0.1, 0.15) is 44.4 Å². The van der Waals surface area contributed by atoms with Crippen LogP contribution < -0.4 is 25.2 Å². The van der Waals surface area contributed by atoms with Gasteiger partial charge in [0.2, 0.25) is 5.91 Å². The number of thioether (sulfide) groups is 1. The van der Waals surface area contributed by atoms with Crippen LogP contribution in [0.25, 0.3) is 17.1 Å². The minimum absolute atomic E-state index is 0.165. The molecule has 1 atom stereocenters. The van der Waals surface area contributed by atoms with E-state index >= 15 is 0 Å². The number of carbonyl (C=O) groups is 2. The fourth-order valence-corrected chi connectivity index (χ4v) is 5.90. The maximum Gasteiger partial charge on any atom is 0.573 e. The van der Waals surface area contributed by atoms with Gasteiger partial charge in [-0.05, 0) is 60.2 Å². The van der Waals surface area contributed by atoms with Crippen LogP contribution in [0.4, 0.5) is 23.7 Å². The number of aliphatic imine (C=N–C) groups is 1. The van der Waals surface area contributed by atoms with Crippen LogP contribution in [0.2, 0.25) is 0 Å². The van der Waals surface area contributed by atoms with E-state index in [1.165, 1.54) is 51.9 Å². The van der Waals surface area contributed by atoms with Crippen LogP contribution in [-0.4, -0.2) is 51.1 Å². The van der Waals surface area contributed by atoms with E-state index in [1.807, 2.05) is 43.3 Å². The molecule has 1 saturated heterocycles. The number of amides is 3. The molecule has 0 spiro atoms. The van der Waals surface area contributed by atoms with E-state index in [2.05, 4.69) is 44.5 Å². The van der Waals surface area contributed by atoms with Gasteiger partial charge in [0.1, 0.15) is 17.8 Å². The Balaban J connectivity index is 1.23. The van der Waals surface area contributed by atoms with Gasteiger partial charge >= 0.3 is 12.4 Å². The Morgan fingerprint density at radius 1 is 1.06 bits per heavy atom. The monoisotopic (exact) mass is 681 g/mol. The zero-order chi connectivity index (χ0) is 34.4. The highest BCUT2D eigenvalue weighted by molar-refractivity contribution is 8.15. The van der Waals surface area contributed by atoms with Crippen LogP contribution >= 0.6 is 11.8 Å². The third kappa shape index (κ3) is 8.52. The summed E-state index contributed by atoms with van der Waals surface area (Å²) in [5.41, 5.74) is 9.40. The Labute approximate surface area is 279 Å². The molecule has 0 saturated carbocycles. The number of halogens is 3. The molecular weight excluding hydrogens is 647 g/mol. The number of amidine groups is 1. The van der Waals surface area contributed by atoms with Crippen LogP contribution in [0, 0.1) is 5.92 Å². The second-order valence-corrected chi connectivity index (χ2v) is 12.2. The second kappa shape index (κ2) is 14.9. The molecule has 4 aromatic rings. The SMILES string of the molecule is CCC(NNC(=O)/N=C1\SCC(=O)N1c1cc(OC)ccc1CC(C)C)c1ccc(-c2ncn(-c3ccc(OC(F)(F)F)cc3)n2)cc1. The van der Waals surface area contributed by atoms with Crippen molar-refractivity contribution >= 4 is 34.6 Å². The van der Waals surface area contributed by atoms with Gasteiger partial charge in [-0.15, -0.1) is 18.3 Å². The van der Waals surface area contributed by atoms with Gasteiger partial charge in [0.25, 0.3) is 0 Å². The molecule has 0 radical (unpaired) electrons. The standard InChI is InChI=1S/C33H34F3N7O4S/c1-5-27(21-6-8-22(9-7-21)30-37-19-42(41-30)24-11-14-25(15-12-24)47-33(34,35)36)39-40-31(45)38-32-43(29(44)18-48-32)28-17-26(46-4)13-10-23(28)16-20(2)3/h6-15,17,19-20,27,39H,5,16,18H2,1-4H3,(H,40,45)/b38-32-. The minimum Gasteiger partial charge on any atom is -0.497 e. The number of aromatic nitrogens is 3. The average Bonchev–Trinajstić information content (AvgIpc) is 3.68. The van der Waals surface area contributed by atoms with Crippen molar-refractivity contribution in [2.24, 2.45) is 10.9 Å². The Morgan fingerprint density at radius 2 is 1.77 bits per heavy atom. The lowest BCUT2D eigenvalue weighted by Gasteiger charge is -2.22. The molecule has 0 aliphatic carbocycles. The molecule has 1 fully saturated rings. The first-order chi connectivity index (χ1) is 22.9. The van der Waals surface area contributed by atoms with Crippen molar-refractivity contribution in [2.75, 3.05) is 17.8 Å². The summed E-state index contributed by atoms with van der Waals surface area (Å²) in [5.74, 6) is 1.03. The summed E-state index contributed by atoms with van der Waals surface area (Å²) in [6.45, 7) is 6.15. The summed E-state index contributed by atoms with van der Waals surface area (Å²) in [7, 11) is 1.56. The van der Waals surface area contributed by atoms with E-state index in [4.69, 9.17) is 4.74 Å². The van der Waals surface area contributed by atoms with E-state index in [1.54, 1.807) is 13.2 Å². The molecule has 1 unspecified atom stereocenters. The van der Waals surface area contributed by atoms with Gasteiger partial charge in [-0.2, -0.15) is 4.99 Å². The predicted molar refractivity (Wildman–Crippen MR) is 177 cm³/mol. The van der Waals surface area contributed by atoms with Crippen molar-refractivity contribution in [3.8, 4) is 28.6 Å². The number of urea groups is 1. The van der Waals surface area contributed by atoms with E-state index in [-0.39, 0.29) is 28.6 Å². The molecule has 1 aliphatic heterocycles. The zero-order valence-electron chi connectivity index (χ0n) is 26.6. The maximum atomic E-state index is 12.9. The summed E-state index contributed by atoms with van der Waals surface area (Å²) >= 11 is 1.20. The summed E-state index contributed by atoms with van der Waals surface area (Å²) in [6.07, 6.45) is -1.93. The predicted octanol–water partition coefficient (Wildman–Crippen LogP) is 6.84. The van der Waals surface area contributed by atoms with Crippen LogP contribution in [-0.2, 0) is 11.2 Å². The smallest absolute Gasteiger partial charge is 0.497 e. The summed E-state index contributed by atoms with van der Waals surface area (Å²) < 4.78 is 48.1. The van der Waals surface area contributed by atoms with E-state index < -0.39 is 12.4 Å². The molecule has 1 aromatic heterocycles. The summed E-state index contributed by atoms with van der Waals surface area (Å²) in [4.78, 5) is 35.9. The largest absolute Gasteiger partial charge is 0.573 e. The van der Waals surface area contributed by atoms with Crippen molar-refractivity contribution in [3.63, 3.8) is 0 Å². The van der Waals surface area contributed by atoms with Gasteiger partial charge < -0.3 is 9.47 Å². The summed E-state index contributed by atoms with van der Waals surface area (Å²) in [6, 6.07) is 17.4. The van der Waals surface area contributed by atoms with Gasteiger partial charge in [-0.25, -0.2) is 19.9 Å². The number of hydrazine groups is 1. The van der Waals surface area contributed by atoms with Gasteiger partial charge in [0.05, 0.1) is 30.3 Å². The molecule has 48 heavy (non-hydrogen) atoms.